The lowest BCUT2D eigenvalue weighted by molar-refractivity contribution is -0.128. The van der Waals surface area contributed by atoms with E-state index in [0.717, 1.165) is 37.3 Å². The van der Waals surface area contributed by atoms with Gasteiger partial charge in [-0.2, -0.15) is 0 Å². The van der Waals surface area contributed by atoms with E-state index in [4.69, 9.17) is 9.47 Å². The Morgan fingerprint density at radius 3 is 2.65 bits per heavy atom. The van der Waals surface area contributed by atoms with Crippen LogP contribution in [0.25, 0.3) is 0 Å². The lowest BCUT2D eigenvalue weighted by Crippen LogP contribution is -2.31. The number of amides is 1. The molecule has 1 heterocycles. The summed E-state index contributed by atoms with van der Waals surface area (Å²) in [6.45, 7) is 1.90. The summed E-state index contributed by atoms with van der Waals surface area (Å²) in [7, 11) is 3.34. The number of carbonyl (C=O) groups excluding carboxylic acids is 1. The molecule has 1 aromatic carbocycles. The van der Waals surface area contributed by atoms with Gasteiger partial charge in [0.2, 0.25) is 5.91 Å². The van der Waals surface area contributed by atoms with Gasteiger partial charge < -0.3 is 14.4 Å². The van der Waals surface area contributed by atoms with Gasteiger partial charge in [0.25, 0.3) is 0 Å². The first-order chi connectivity index (χ1) is 9.76. The molecule has 1 fully saturated rings. The van der Waals surface area contributed by atoms with E-state index in [9.17, 15) is 4.79 Å². The van der Waals surface area contributed by atoms with Gasteiger partial charge in [0.1, 0.15) is 11.9 Å². The van der Waals surface area contributed by atoms with E-state index in [1.54, 1.807) is 14.2 Å². The molecule has 1 unspecified atom stereocenters. The molecular weight excluding hydrogens is 256 g/mol. The molecule has 2 rings (SSSR count). The van der Waals surface area contributed by atoms with Crippen LogP contribution in [0.4, 0.5) is 0 Å². The molecule has 0 spiro atoms. The van der Waals surface area contributed by atoms with Crippen LogP contribution in [0.3, 0.4) is 0 Å². The number of hydrogen-bond donors (Lipinski definition) is 1. The van der Waals surface area contributed by atoms with E-state index in [0.29, 0.717) is 6.54 Å². The summed E-state index contributed by atoms with van der Waals surface area (Å²) in [6, 6.07) is 7.83. The van der Waals surface area contributed by atoms with Crippen molar-refractivity contribution in [1.29, 1.82) is 0 Å². The molecule has 20 heavy (non-hydrogen) atoms. The first kappa shape index (κ1) is 14.8. The molecule has 0 aromatic heterocycles. The fourth-order valence-electron chi connectivity index (χ4n) is 2.41. The Morgan fingerprint density at radius 2 is 2.00 bits per heavy atom. The quantitative estimate of drug-likeness (QED) is 0.769. The minimum Gasteiger partial charge on any atom is -0.497 e. The van der Waals surface area contributed by atoms with Gasteiger partial charge in [0, 0.05) is 20.3 Å². The molecule has 1 N–H and O–H groups in total. The predicted octanol–water partition coefficient (Wildman–Crippen LogP) is 1.55. The molecule has 110 valence electrons. The fraction of sp³-hybridized carbons (Fsp3) is 0.533. The minimum absolute atomic E-state index is 0.0315. The van der Waals surface area contributed by atoms with Crippen molar-refractivity contribution in [2.45, 2.75) is 19.0 Å². The summed E-state index contributed by atoms with van der Waals surface area (Å²) in [5.74, 6) is 0.980. The second-order valence-electron chi connectivity index (χ2n) is 4.84. The average Bonchev–Trinajstić information content (AvgIpc) is 2.85. The molecule has 1 aliphatic heterocycles. The number of ether oxygens (including phenoxy) is 2. The van der Waals surface area contributed by atoms with Crippen LogP contribution >= 0.6 is 0 Å². The summed E-state index contributed by atoms with van der Waals surface area (Å²) < 4.78 is 10.2. The number of benzene rings is 1. The second kappa shape index (κ2) is 7.26. The molecule has 1 saturated heterocycles. The summed E-state index contributed by atoms with van der Waals surface area (Å²) in [6.07, 6.45) is 1.89. The lowest BCUT2D eigenvalue weighted by atomic mass is 10.1. The largest absolute Gasteiger partial charge is 0.497 e. The van der Waals surface area contributed by atoms with Crippen LogP contribution in [0, 0.1) is 0 Å². The SMILES string of the molecule is COCCCCN1C(=O)CNC1c1ccc(OC)cc1. The summed E-state index contributed by atoms with van der Waals surface area (Å²) >= 11 is 0. The van der Waals surface area contributed by atoms with Crippen molar-refractivity contribution in [2.24, 2.45) is 0 Å². The fourth-order valence-corrected chi connectivity index (χ4v) is 2.41. The van der Waals surface area contributed by atoms with Crippen molar-refractivity contribution in [2.75, 3.05) is 33.9 Å². The third-order valence-corrected chi connectivity index (χ3v) is 3.51. The smallest absolute Gasteiger partial charge is 0.238 e. The van der Waals surface area contributed by atoms with Crippen molar-refractivity contribution >= 4 is 5.91 Å². The van der Waals surface area contributed by atoms with Gasteiger partial charge in [-0.05, 0) is 30.5 Å². The van der Waals surface area contributed by atoms with Crippen LogP contribution in [-0.2, 0) is 9.53 Å². The summed E-state index contributed by atoms with van der Waals surface area (Å²) in [5.41, 5.74) is 1.09. The Morgan fingerprint density at radius 1 is 1.25 bits per heavy atom. The van der Waals surface area contributed by atoms with Crippen molar-refractivity contribution in [1.82, 2.24) is 10.2 Å². The molecular formula is C15H22N2O3. The highest BCUT2D eigenvalue weighted by Gasteiger charge is 2.30. The maximum atomic E-state index is 12.0. The van der Waals surface area contributed by atoms with E-state index in [-0.39, 0.29) is 12.1 Å². The highest BCUT2D eigenvalue weighted by molar-refractivity contribution is 5.80. The number of nitrogens with zero attached hydrogens (tertiary/aromatic N) is 1. The third-order valence-electron chi connectivity index (χ3n) is 3.51. The topological polar surface area (TPSA) is 50.8 Å². The molecule has 0 saturated carbocycles. The predicted molar refractivity (Wildman–Crippen MR) is 76.6 cm³/mol. The molecule has 5 heteroatoms. The van der Waals surface area contributed by atoms with E-state index >= 15 is 0 Å². The highest BCUT2D eigenvalue weighted by atomic mass is 16.5. The standard InChI is InChI=1S/C15H22N2O3/c1-19-10-4-3-9-17-14(18)11-16-15(17)12-5-7-13(20-2)8-6-12/h5-8,15-16H,3-4,9-11H2,1-2H3. The molecule has 5 nitrogen and oxygen atoms in total. The van der Waals surface area contributed by atoms with Gasteiger partial charge in [-0.3, -0.25) is 10.1 Å². The minimum atomic E-state index is -0.0315. The molecule has 1 atom stereocenters. The zero-order chi connectivity index (χ0) is 14.4. The van der Waals surface area contributed by atoms with E-state index in [2.05, 4.69) is 5.32 Å². The Balaban J connectivity index is 1.99. The van der Waals surface area contributed by atoms with Crippen LogP contribution in [0.1, 0.15) is 24.6 Å². The molecule has 0 aliphatic carbocycles. The Bertz CT molecular complexity index is 433. The molecule has 1 aliphatic rings. The van der Waals surface area contributed by atoms with Crippen LogP contribution in [0.15, 0.2) is 24.3 Å². The molecule has 1 amide bonds. The van der Waals surface area contributed by atoms with Crippen LogP contribution in [0.2, 0.25) is 0 Å². The van der Waals surface area contributed by atoms with Crippen LogP contribution in [-0.4, -0.2) is 44.7 Å². The van der Waals surface area contributed by atoms with Crippen LogP contribution < -0.4 is 10.1 Å². The maximum absolute atomic E-state index is 12.0. The first-order valence-corrected chi connectivity index (χ1v) is 6.92. The Hall–Kier alpha value is -1.59. The highest BCUT2D eigenvalue weighted by Crippen LogP contribution is 2.24. The molecule has 1 aromatic rings. The van der Waals surface area contributed by atoms with Gasteiger partial charge in [0.05, 0.1) is 13.7 Å². The summed E-state index contributed by atoms with van der Waals surface area (Å²) in [4.78, 5) is 13.9. The van der Waals surface area contributed by atoms with Crippen molar-refractivity contribution < 1.29 is 14.3 Å². The third kappa shape index (κ3) is 3.49. The molecule has 0 radical (unpaired) electrons. The van der Waals surface area contributed by atoms with E-state index in [1.165, 1.54) is 0 Å². The zero-order valence-corrected chi connectivity index (χ0v) is 12.1. The Labute approximate surface area is 119 Å². The van der Waals surface area contributed by atoms with Gasteiger partial charge in [-0.1, -0.05) is 12.1 Å². The second-order valence-corrected chi connectivity index (χ2v) is 4.84. The first-order valence-electron chi connectivity index (χ1n) is 6.92. The average molecular weight is 278 g/mol. The van der Waals surface area contributed by atoms with E-state index in [1.807, 2.05) is 29.2 Å². The van der Waals surface area contributed by atoms with Gasteiger partial charge in [-0.25, -0.2) is 0 Å². The maximum Gasteiger partial charge on any atom is 0.238 e. The number of nitrogens with one attached hydrogen (secondary N) is 1. The van der Waals surface area contributed by atoms with Gasteiger partial charge >= 0.3 is 0 Å². The van der Waals surface area contributed by atoms with Gasteiger partial charge in [-0.15, -0.1) is 0 Å². The Kier molecular flexibility index (Phi) is 5.38. The number of rotatable bonds is 7. The number of hydrogen-bond acceptors (Lipinski definition) is 4. The van der Waals surface area contributed by atoms with Crippen molar-refractivity contribution in [3.8, 4) is 5.75 Å². The van der Waals surface area contributed by atoms with Crippen molar-refractivity contribution in [3.63, 3.8) is 0 Å². The van der Waals surface area contributed by atoms with Gasteiger partial charge in [0.15, 0.2) is 0 Å². The number of unbranched alkanes of at least 4 members (excludes halogenated alkanes) is 1. The summed E-state index contributed by atoms with van der Waals surface area (Å²) in [5, 5.41) is 3.26. The zero-order valence-electron chi connectivity index (χ0n) is 12.1. The van der Waals surface area contributed by atoms with Crippen LogP contribution in [0.5, 0.6) is 5.75 Å². The normalized spacial score (nSPS) is 18.6. The monoisotopic (exact) mass is 278 g/mol. The number of methoxy groups -OCH3 is 2. The van der Waals surface area contributed by atoms with Crippen molar-refractivity contribution in [3.05, 3.63) is 29.8 Å². The van der Waals surface area contributed by atoms with E-state index < -0.39 is 0 Å². The molecule has 0 bridgehead atoms. The number of carbonyl (C=O) groups is 1. The lowest BCUT2D eigenvalue weighted by Gasteiger charge is -2.24.